The summed E-state index contributed by atoms with van der Waals surface area (Å²) in [5, 5.41) is 121. The molecular formula is C60H60O12. The van der Waals surface area contributed by atoms with Crippen LogP contribution in [0.25, 0.3) is 0 Å². The first-order valence-corrected chi connectivity index (χ1v) is 23.7. The molecule has 0 saturated carbocycles. The molecule has 8 aromatic carbocycles. The summed E-state index contributed by atoms with van der Waals surface area (Å²) in [6.07, 6.45) is 4.69. The average Bonchev–Trinajstić information content (AvgIpc) is 3.29. The van der Waals surface area contributed by atoms with Crippen LogP contribution in [0.2, 0.25) is 0 Å². The van der Waals surface area contributed by atoms with E-state index in [4.69, 9.17) is 0 Å². The van der Waals surface area contributed by atoms with Crippen LogP contribution in [0.5, 0.6) is 69.0 Å². The maximum Gasteiger partial charge on any atom is 0.119 e. The Morgan fingerprint density at radius 1 is 0.236 bits per heavy atom. The first-order chi connectivity index (χ1) is 34.5. The van der Waals surface area contributed by atoms with Gasteiger partial charge in [-0.3, -0.25) is 0 Å². The van der Waals surface area contributed by atoms with E-state index in [-0.39, 0.29) is 92.7 Å². The molecule has 72 heavy (non-hydrogen) atoms. The second-order valence-electron chi connectivity index (χ2n) is 18.6. The highest BCUT2D eigenvalue weighted by molar-refractivity contribution is 5.43. The first-order valence-electron chi connectivity index (χ1n) is 23.7. The van der Waals surface area contributed by atoms with Crippen LogP contribution in [0.15, 0.2) is 170 Å². The van der Waals surface area contributed by atoms with E-state index in [1.165, 1.54) is 24.3 Å². The SMILES string of the molecule is Oc1cc(O)cc(CC[C@@H](Cc2cccc(O)c2)[C@H](Cc2cccc(O)c2)c2cc(O)cc(O)c2)c1.Oc1cc(O)cc(CC[C@H](Cc2cccc(O)c2)[C@@H](Cc2cccc(O)c2)c2cc(O)cc(O)c2)c1. The standard InChI is InChI=1S/2C30H30O6/c2*31-24-5-1-3-19(10-24)9-22(8-7-21-12-26(33)17-27(34)13-21)30(14-20-4-2-6-25(32)11-20)23-15-28(35)18-29(36)16-23/h2*1-6,10-13,15-18,22,30-36H,7-9,14H2/t2*22-,30-/m10/s1. The summed E-state index contributed by atoms with van der Waals surface area (Å²) in [4.78, 5) is 0. The van der Waals surface area contributed by atoms with Gasteiger partial charge < -0.3 is 61.3 Å². The smallest absolute Gasteiger partial charge is 0.119 e. The number of phenols is 12. The van der Waals surface area contributed by atoms with Gasteiger partial charge in [0.25, 0.3) is 0 Å². The predicted molar refractivity (Wildman–Crippen MR) is 275 cm³/mol. The van der Waals surface area contributed by atoms with E-state index < -0.39 is 0 Å². The van der Waals surface area contributed by atoms with E-state index in [1.54, 1.807) is 121 Å². The van der Waals surface area contributed by atoms with Gasteiger partial charge in [0.15, 0.2) is 0 Å². The van der Waals surface area contributed by atoms with Crippen LogP contribution < -0.4 is 0 Å². The van der Waals surface area contributed by atoms with Crippen molar-refractivity contribution >= 4 is 0 Å². The largest absolute Gasteiger partial charge is 0.508 e. The molecule has 12 N–H and O–H groups in total. The second-order valence-corrected chi connectivity index (χ2v) is 18.6. The van der Waals surface area contributed by atoms with Gasteiger partial charge in [-0.05, 0) is 217 Å². The lowest BCUT2D eigenvalue weighted by Crippen LogP contribution is -2.19. The number of aromatic hydroxyl groups is 12. The number of phenolic OH excluding ortho intramolecular Hbond substituents is 12. The molecule has 0 aliphatic rings. The fourth-order valence-electron chi connectivity index (χ4n) is 9.82. The van der Waals surface area contributed by atoms with Crippen LogP contribution in [0.3, 0.4) is 0 Å². The second kappa shape index (κ2) is 23.8. The van der Waals surface area contributed by atoms with E-state index in [0.29, 0.717) is 51.4 Å². The fraction of sp³-hybridized carbons (Fsp3) is 0.200. The summed E-state index contributed by atoms with van der Waals surface area (Å²) in [5.41, 5.74) is 6.73. The van der Waals surface area contributed by atoms with Gasteiger partial charge in [-0.1, -0.05) is 48.5 Å². The molecule has 372 valence electrons. The predicted octanol–water partition coefficient (Wildman–Crippen LogP) is 11.5. The lowest BCUT2D eigenvalue weighted by Gasteiger charge is -2.29. The van der Waals surface area contributed by atoms with Crippen molar-refractivity contribution in [1.82, 2.24) is 0 Å². The number of hydrogen-bond acceptors (Lipinski definition) is 12. The summed E-state index contributed by atoms with van der Waals surface area (Å²) >= 11 is 0. The summed E-state index contributed by atoms with van der Waals surface area (Å²) in [5.74, 6) is 0.0531. The zero-order valence-electron chi connectivity index (χ0n) is 39.5. The van der Waals surface area contributed by atoms with Gasteiger partial charge >= 0.3 is 0 Å². The van der Waals surface area contributed by atoms with Crippen LogP contribution in [-0.4, -0.2) is 61.3 Å². The molecule has 8 aromatic rings. The van der Waals surface area contributed by atoms with Crippen LogP contribution in [-0.2, 0) is 38.5 Å². The van der Waals surface area contributed by atoms with Crippen molar-refractivity contribution in [3.8, 4) is 69.0 Å². The Bertz CT molecular complexity index is 2790. The van der Waals surface area contributed by atoms with E-state index in [0.717, 1.165) is 44.5 Å². The molecule has 12 nitrogen and oxygen atoms in total. The molecule has 0 heterocycles. The Hall–Kier alpha value is -8.64. The molecule has 0 radical (unpaired) electrons. The minimum absolute atomic E-state index is 0.0104. The molecule has 0 saturated heterocycles. The summed E-state index contributed by atoms with van der Waals surface area (Å²) in [6, 6.07) is 46.4. The monoisotopic (exact) mass is 972 g/mol. The molecule has 0 unspecified atom stereocenters. The number of benzene rings is 8. The van der Waals surface area contributed by atoms with E-state index in [9.17, 15) is 61.3 Å². The van der Waals surface area contributed by atoms with Gasteiger partial charge in [-0.15, -0.1) is 0 Å². The zero-order valence-corrected chi connectivity index (χ0v) is 39.5. The molecule has 0 aliphatic heterocycles. The van der Waals surface area contributed by atoms with Crippen LogP contribution in [0.1, 0.15) is 69.2 Å². The lowest BCUT2D eigenvalue weighted by molar-refractivity contribution is 0.382. The number of rotatable bonds is 18. The van der Waals surface area contributed by atoms with Crippen LogP contribution in [0.4, 0.5) is 0 Å². The van der Waals surface area contributed by atoms with Crippen molar-refractivity contribution in [3.63, 3.8) is 0 Å². The summed E-state index contributed by atoms with van der Waals surface area (Å²) in [7, 11) is 0. The highest BCUT2D eigenvalue weighted by Gasteiger charge is 2.28. The van der Waals surface area contributed by atoms with Crippen molar-refractivity contribution in [3.05, 3.63) is 214 Å². The van der Waals surface area contributed by atoms with Gasteiger partial charge in [0, 0.05) is 24.3 Å². The summed E-state index contributed by atoms with van der Waals surface area (Å²) in [6.45, 7) is 0. The maximum atomic E-state index is 10.2. The Balaban J connectivity index is 0.000000211. The third-order valence-electron chi connectivity index (χ3n) is 12.9. The Kier molecular flexibility index (Phi) is 16.9. The quantitative estimate of drug-likeness (QED) is 0.0384. The molecule has 0 aromatic heterocycles. The van der Waals surface area contributed by atoms with Gasteiger partial charge in [0.2, 0.25) is 0 Å². The normalized spacial score (nSPS) is 12.8. The molecule has 8 rings (SSSR count). The molecule has 0 spiro atoms. The number of aryl methyl sites for hydroxylation is 2. The highest BCUT2D eigenvalue weighted by Crippen LogP contribution is 2.41. The molecule has 12 heteroatoms. The Morgan fingerprint density at radius 3 is 0.736 bits per heavy atom. The van der Waals surface area contributed by atoms with E-state index >= 15 is 0 Å². The Morgan fingerprint density at radius 2 is 0.472 bits per heavy atom. The van der Waals surface area contributed by atoms with E-state index in [2.05, 4.69) is 0 Å². The highest BCUT2D eigenvalue weighted by atomic mass is 16.3. The molecular weight excluding hydrogens is 913 g/mol. The molecule has 0 aliphatic carbocycles. The van der Waals surface area contributed by atoms with Crippen LogP contribution in [0, 0.1) is 11.8 Å². The molecule has 4 atom stereocenters. The van der Waals surface area contributed by atoms with Gasteiger partial charge in [-0.2, -0.15) is 0 Å². The van der Waals surface area contributed by atoms with Crippen molar-refractivity contribution in [1.29, 1.82) is 0 Å². The molecule has 0 fully saturated rings. The van der Waals surface area contributed by atoms with Crippen molar-refractivity contribution in [2.45, 2.75) is 63.2 Å². The number of hydrogen-bond donors (Lipinski definition) is 12. The molecule has 0 bridgehead atoms. The first kappa shape index (κ1) is 51.2. The maximum absolute atomic E-state index is 10.2. The van der Waals surface area contributed by atoms with Crippen LogP contribution >= 0.6 is 0 Å². The van der Waals surface area contributed by atoms with Gasteiger partial charge in [0.1, 0.15) is 69.0 Å². The van der Waals surface area contributed by atoms with Crippen molar-refractivity contribution in [2.24, 2.45) is 11.8 Å². The average molecular weight is 973 g/mol. The minimum atomic E-state index is -0.168. The molecule has 0 amide bonds. The lowest BCUT2D eigenvalue weighted by atomic mass is 9.75. The zero-order chi connectivity index (χ0) is 51.3. The van der Waals surface area contributed by atoms with Crippen molar-refractivity contribution < 1.29 is 61.3 Å². The minimum Gasteiger partial charge on any atom is -0.508 e. The van der Waals surface area contributed by atoms with E-state index in [1.807, 2.05) is 24.3 Å². The third-order valence-corrected chi connectivity index (χ3v) is 12.9. The third kappa shape index (κ3) is 15.2. The van der Waals surface area contributed by atoms with Gasteiger partial charge in [0.05, 0.1) is 0 Å². The fourth-order valence-corrected chi connectivity index (χ4v) is 9.82. The topological polar surface area (TPSA) is 243 Å². The Labute approximate surface area is 418 Å². The van der Waals surface area contributed by atoms with Gasteiger partial charge in [-0.25, -0.2) is 0 Å². The summed E-state index contributed by atoms with van der Waals surface area (Å²) < 4.78 is 0. The van der Waals surface area contributed by atoms with Crippen molar-refractivity contribution in [2.75, 3.05) is 0 Å².